The molecule has 126 valence electrons. The van der Waals surface area contributed by atoms with Crippen LogP contribution in [0.4, 0.5) is 4.39 Å². The third kappa shape index (κ3) is 5.63. The molecule has 0 aromatic heterocycles. The lowest BCUT2D eigenvalue weighted by molar-refractivity contribution is -0.135. The van der Waals surface area contributed by atoms with Crippen LogP contribution in [-0.2, 0) is 14.3 Å². The molecule has 1 atom stereocenters. The van der Waals surface area contributed by atoms with Gasteiger partial charge in [0.05, 0.1) is 13.2 Å². The molecule has 0 radical (unpaired) electrons. The van der Waals surface area contributed by atoms with E-state index in [4.69, 9.17) is 4.74 Å². The highest BCUT2D eigenvalue weighted by Gasteiger charge is 2.17. The van der Waals surface area contributed by atoms with Gasteiger partial charge in [-0.2, -0.15) is 0 Å². The van der Waals surface area contributed by atoms with Gasteiger partial charge >= 0.3 is 0 Å². The van der Waals surface area contributed by atoms with Gasteiger partial charge in [0.25, 0.3) is 0 Å². The highest BCUT2D eigenvalue weighted by molar-refractivity contribution is 5.79. The lowest BCUT2D eigenvalue weighted by Crippen LogP contribution is -2.42. The Bertz CT molecular complexity index is 527. The summed E-state index contributed by atoms with van der Waals surface area (Å²) >= 11 is 0. The summed E-state index contributed by atoms with van der Waals surface area (Å²) in [4.78, 5) is 25.6. The molecule has 0 bridgehead atoms. The molecule has 1 N–H and O–H groups in total. The van der Waals surface area contributed by atoms with Gasteiger partial charge < -0.3 is 15.0 Å². The molecule has 1 aromatic carbocycles. The van der Waals surface area contributed by atoms with Crippen molar-refractivity contribution in [2.24, 2.45) is 0 Å². The Hall–Kier alpha value is -1.95. The van der Waals surface area contributed by atoms with Gasteiger partial charge in [0.15, 0.2) is 0 Å². The summed E-state index contributed by atoms with van der Waals surface area (Å²) in [5, 5.41) is 2.77. The summed E-state index contributed by atoms with van der Waals surface area (Å²) in [5.74, 6) is -0.339. The summed E-state index contributed by atoms with van der Waals surface area (Å²) in [6.45, 7) is 4.65. The predicted molar refractivity (Wildman–Crippen MR) is 84.5 cm³/mol. The molecular weight excluding hydrogens is 299 g/mol. The standard InChI is InChI=1S/C17H23FN2O3/c1-13(14-2-4-15(18)5-3-14)12-16(21)19-7-6-17(22)20-8-10-23-11-9-20/h2-5,13H,6-12H2,1H3,(H,19,21). The number of morpholine rings is 1. The quantitative estimate of drug-likeness (QED) is 0.867. The molecule has 2 rings (SSSR count). The number of ether oxygens (including phenoxy) is 1. The fourth-order valence-corrected chi connectivity index (χ4v) is 2.54. The summed E-state index contributed by atoms with van der Waals surface area (Å²) < 4.78 is 18.1. The molecule has 6 heteroatoms. The SMILES string of the molecule is CC(CC(=O)NCCC(=O)N1CCOCC1)c1ccc(F)cc1. The molecule has 23 heavy (non-hydrogen) atoms. The molecule has 5 nitrogen and oxygen atoms in total. The van der Waals surface area contributed by atoms with Gasteiger partial charge in [-0.25, -0.2) is 4.39 Å². The van der Waals surface area contributed by atoms with Crippen LogP contribution in [0.5, 0.6) is 0 Å². The van der Waals surface area contributed by atoms with Crippen LogP contribution >= 0.6 is 0 Å². The van der Waals surface area contributed by atoms with E-state index in [9.17, 15) is 14.0 Å². The van der Waals surface area contributed by atoms with Gasteiger partial charge in [-0.05, 0) is 23.6 Å². The van der Waals surface area contributed by atoms with Crippen molar-refractivity contribution in [3.8, 4) is 0 Å². The zero-order valence-electron chi connectivity index (χ0n) is 13.4. The zero-order valence-corrected chi connectivity index (χ0v) is 13.4. The summed E-state index contributed by atoms with van der Waals surface area (Å²) in [6, 6.07) is 6.17. The lowest BCUT2D eigenvalue weighted by Gasteiger charge is -2.26. The topological polar surface area (TPSA) is 58.6 Å². The second-order valence-electron chi connectivity index (χ2n) is 5.75. The van der Waals surface area contributed by atoms with E-state index in [1.165, 1.54) is 12.1 Å². The van der Waals surface area contributed by atoms with Crippen molar-refractivity contribution in [1.82, 2.24) is 10.2 Å². The van der Waals surface area contributed by atoms with E-state index in [-0.39, 0.29) is 23.5 Å². The van der Waals surface area contributed by atoms with E-state index in [0.29, 0.717) is 45.7 Å². The maximum Gasteiger partial charge on any atom is 0.224 e. The van der Waals surface area contributed by atoms with Gasteiger partial charge in [0.2, 0.25) is 11.8 Å². The molecule has 1 unspecified atom stereocenters. The first-order valence-corrected chi connectivity index (χ1v) is 7.94. The van der Waals surface area contributed by atoms with Crippen LogP contribution in [0.3, 0.4) is 0 Å². The lowest BCUT2D eigenvalue weighted by atomic mass is 9.97. The molecule has 1 aliphatic heterocycles. The number of amides is 2. The minimum atomic E-state index is -0.285. The Labute approximate surface area is 135 Å². The van der Waals surface area contributed by atoms with Crippen LogP contribution in [0.25, 0.3) is 0 Å². The summed E-state index contributed by atoms with van der Waals surface area (Å²) in [5.41, 5.74) is 0.922. The van der Waals surface area contributed by atoms with Crippen molar-refractivity contribution in [2.75, 3.05) is 32.8 Å². The van der Waals surface area contributed by atoms with Crippen LogP contribution in [0.2, 0.25) is 0 Å². The number of rotatable bonds is 6. The van der Waals surface area contributed by atoms with Crippen molar-refractivity contribution in [3.63, 3.8) is 0 Å². The first-order valence-electron chi connectivity index (χ1n) is 7.94. The van der Waals surface area contributed by atoms with Gasteiger partial charge in [-0.1, -0.05) is 19.1 Å². The maximum absolute atomic E-state index is 12.9. The maximum atomic E-state index is 12.9. The monoisotopic (exact) mass is 322 g/mol. The Balaban J connectivity index is 1.68. The van der Waals surface area contributed by atoms with E-state index in [2.05, 4.69) is 5.32 Å². The number of carbonyl (C=O) groups is 2. The minimum Gasteiger partial charge on any atom is -0.378 e. The number of hydrogen-bond donors (Lipinski definition) is 1. The van der Waals surface area contributed by atoms with Gasteiger partial charge in [-0.3, -0.25) is 9.59 Å². The van der Waals surface area contributed by atoms with Gasteiger partial charge in [0, 0.05) is 32.5 Å². The molecule has 2 amide bonds. The average molecular weight is 322 g/mol. The fourth-order valence-electron chi connectivity index (χ4n) is 2.54. The number of carbonyl (C=O) groups excluding carboxylic acids is 2. The summed E-state index contributed by atoms with van der Waals surface area (Å²) in [6.07, 6.45) is 0.619. The predicted octanol–water partition coefficient (Wildman–Crippen LogP) is 1.68. The highest BCUT2D eigenvalue weighted by atomic mass is 19.1. The molecule has 1 fully saturated rings. The summed E-state index contributed by atoms with van der Waals surface area (Å²) in [7, 11) is 0. The molecule has 1 aromatic rings. The van der Waals surface area contributed by atoms with Crippen LogP contribution < -0.4 is 5.32 Å². The van der Waals surface area contributed by atoms with Gasteiger partial charge in [-0.15, -0.1) is 0 Å². The Kier molecular flexibility index (Phi) is 6.52. The number of halogens is 1. The molecular formula is C17H23FN2O3. The van der Waals surface area contributed by atoms with Crippen LogP contribution in [0.15, 0.2) is 24.3 Å². The van der Waals surface area contributed by atoms with Crippen molar-refractivity contribution >= 4 is 11.8 Å². The van der Waals surface area contributed by atoms with Crippen LogP contribution in [-0.4, -0.2) is 49.6 Å². The largest absolute Gasteiger partial charge is 0.378 e. The molecule has 1 heterocycles. The number of hydrogen-bond acceptors (Lipinski definition) is 3. The number of nitrogens with zero attached hydrogens (tertiary/aromatic N) is 1. The Morgan fingerprint density at radius 3 is 2.57 bits per heavy atom. The van der Waals surface area contributed by atoms with Crippen LogP contribution in [0.1, 0.15) is 31.2 Å². The third-order valence-electron chi connectivity index (χ3n) is 3.96. The van der Waals surface area contributed by atoms with Gasteiger partial charge in [0.1, 0.15) is 5.82 Å². The molecule has 1 aliphatic rings. The first-order chi connectivity index (χ1) is 11.1. The highest BCUT2D eigenvalue weighted by Crippen LogP contribution is 2.18. The normalized spacial score (nSPS) is 16.0. The smallest absolute Gasteiger partial charge is 0.224 e. The van der Waals surface area contributed by atoms with E-state index in [1.807, 2.05) is 6.92 Å². The number of nitrogens with one attached hydrogen (secondary N) is 1. The second-order valence-corrected chi connectivity index (χ2v) is 5.75. The fraction of sp³-hybridized carbons (Fsp3) is 0.529. The van der Waals surface area contributed by atoms with E-state index in [0.717, 1.165) is 5.56 Å². The minimum absolute atomic E-state index is 0.00513. The van der Waals surface area contributed by atoms with Crippen molar-refractivity contribution in [1.29, 1.82) is 0 Å². The van der Waals surface area contributed by atoms with Crippen molar-refractivity contribution in [3.05, 3.63) is 35.6 Å². The third-order valence-corrected chi connectivity index (χ3v) is 3.96. The molecule has 1 saturated heterocycles. The van der Waals surface area contributed by atoms with Crippen molar-refractivity contribution in [2.45, 2.75) is 25.7 Å². The van der Waals surface area contributed by atoms with E-state index < -0.39 is 0 Å². The van der Waals surface area contributed by atoms with Crippen LogP contribution in [0, 0.1) is 5.82 Å². The van der Waals surface area contributed by atoms with E-state index >= 15 is 0 Å². The molecule has 0 aliphatic carbocycles. The molecule has 0 saturated carbocycles. The first kappa shape index (κ1) is 17.4. The average Bonchev–Trinajstić information content (AvgIpc) is 2.56. The Morgan fingerprint density at radius 2 is 1.91 bits per heavy atom. The van der Waals surface area contributed by atoms with Crippen molar-refractivity contribution < 1.29 is 18.7 Å². The van der Waals surface area contributed by atoms with E-state index in [1.54, 1.807) is 17.0 Å². The zero-order chi connectivity index (χ0) is 16.7. The second kappa shape index (κ2) is 8.62. The molecule has 0 spiro atoms. The number of benzene rings is 1. The Morgan fingerprint density at radius 1 is 1.26 bits per heavy atom.